The van der Waals surface area contributed by atoms with Gasteiger partial charge in [0.25, 0.3) is 0 Å². The maximum absolute atomic E-state index is 12.6. The van der Waals surface area contributed by atoms with Crippen molar-refractivity contribution in [3.8, 4) is 0 Å². The number of nitrogens with zero attached hydrogens (tertiary/aromatic N) is 1. The van der Waals surface area contributed by atoms with Gasteiger partial charge in [0, 0.05) is 13.1 Å². The molecule has 0 bridgehead atoms. The normalized spacial score (nSPS) is 15.1. The van der Waals surface area contributed by atoms with E-state index in [0.717, 1.165) is 25.0 Å². The van der Waals surface area contributed by atoms with Crippen molar-refractivity contribution < 1.29 is 22.8 Å². The maximum atomic E-state index is 12.6. The lowest BCUT2D eigenvalue weighted by atomic mass is 10.2. The van der Waals surface area contributed by atoms with E-state index in [2.05, 4.69) is 5.32 Å². The van der Waals surface area contributed by atoms with E-state index in [0.29, 0.717) is 19.2 Å². The minimum atomic E-state index is -4.55. The molecule has 1 N–H and O–H groups in total. The van der Waals surface area contributed by atoms with Gasteiger partial charge in [0.2, 0.25) is 0 Å². The molecule has 1 aromatic carbocycles. The number of carbonyl (C=O) groups is 2. The second kappa shape index (κ2) is 5.93. The van der Waals surface area contributed by atoms with Crippen molar-refractivity contribution in [2.45, 2.75) is 19.0 Å². The van der Waals surface area contributed by atoms with Crippen LogP contribution in [0.5, 0.6) is 0 Å². The maximum Gasteiger partial charge on any atom is 0.416 e. The Morgan fingerprint density at radius 2 is 1.81 bits per heavy atom. The molecule has 0 atom stereocenters. The standard InChI is InChI=1S/C13H12ClF3N2O2/c14-9-4-3-8(13(15,16)17)7-10(9)18-11(20)12(21)19-5-1-2-6-19/h3-4,7H,1-2,5-6H2,(H,18,20). The highest BCUT2D eigenvalue weighted by atomic mass is 35.5. The molecular weight excluding hydrogens is 309 g/mol. The van der Waals surface area contributed by atoms with Gasteiger partial charge in [-0.1, -0.05) is 11.6 Å². The average molecular weight is 321 g/mol. The summed E-state index contributed by atoms with van der Waals surface area (Å²) in [6.07, 6.45) is -2.93. The van der Waals surface area contributed by atoms with Gasteiger partial charge in [-0.2, -0.15) is 13.2 Å². The molecule has 1 aromatic rings. The number of likely N-dealkylation sites (tertiary alicyclic amines) is 1. The highest BCUT2D eigenvalue weighted by Crippen LogP contribution is 2.33. The summed E-state index contributed by atoms with van der Waals surface area (Å²) in [6, 6.07) is 2.54. The molecule has 1 heterocycles. The molecule has 1 aliphatic heterocycles. The first kappa shape index (κ1) is 15.6. The van der Waals surface area contributed by atoms with Crippen LogP contribution in [0, 0.1) is 0 Å². The van der Waals surface area contributed by atoms with Crippen molar-refractivity contribution in [1.82, 2.24) is 4.90 Å². The van der Waals surface area contributed by atoms with Crippen molar-refractivity contribution in [3.05, 3.63) is 28.8 Å². The zero-order valence-corrected chi connectivity index (χ0v) is 11.6. The van der Waals surface area contributed by atoms with E-state index in [1.165, 1.54) is 4.90 Å². The predicted molar refractivity (Wildman–Crippen MR) is 70.9 cm³/mol. The van der Waals surface area contributed by atoms with Crippen molar-refractivity contribution in [2.24, 2.45) is 0 Å². The Hall–Kier alpha value is -1.76. The molecule has 4 nitrogen and oxygen atoms in total. The summed E-state index contributed by atoms with van der Waals surface area (Å²) in [7, 11) is 0. The lowest BCUT2D eigenvalue weighted by Crippen LogP contribution is -2.37. The Morgan fingerprint density at radius 1 is 1.19 bits per heavy atom. The molecule has 0 aliphatic carbocycles. The summed E-state index contributed by atoms with van der Waals surface area (Å²) in [5.74, 6) is -1.75. The molecule has 8 heteroatoms. The van der Waals surface area contributed by atoms with E-state index in [1.807, 2.05) is 0 Å². The fourth-order valence-electron chi connectivity index (χ4n) is 2.04. The zero-order chi connectivity index (χ0) is 15.6. The quantitative estimate of drug-likeness (QED) is 0.809. The monoisotopic (exact) mass is 320 g/mol. The van der Waals surface area contributed by atoms with Gasteiger partial charge in [0.1, 0.15) is 0 Å². The van der Waals surface area contributed by atoms with Crippen molar-refractivity contribution in [1.29, 1.82) is 0 Å². The summed E-state index contributed by atoms with van der Waals surface area (Å²) in [5.41, 5.74) is -1.18. The number of nitrogens with one attached hydrogen (secondary N) is 1. The Kier molecular flexibility index (Phi) is 4.41. The van der Waals surface area contributed by atoms with E-state index < -0.39 is 23.6 Å². The van der Waals surface area contributed by atoms with Gasteiger partial charge in [-0.25, -0.2) is 0 Å². The highest BCUT2D eigenvalue weighted by molar-refractivity contribution is 6.41. The summed E-state index contributed by atoms with van der Waals surface area (Å²) in [4.78, 5) is 24.9. The largest absolute Gasteiger partial charge is 0.416 e. The number of anilines is 1. The third-order valence-corrected chi connectivity index (χ3v) is 3.46. The molecule has 114 valence electrons. The SMILES string of the molecule is O=C(Nc1cc(C(F)(F)F)ccc1Cl)C(=O)N1CCCC1. The molecule has 1 fully saturated rings. The molecule has 2 rings (SSSR count). The molecule has 0 radical (unpaired) electrons. The second-order valence-electron chi connectivity index (χ2n) is 4.65. The van der Waals surface area contributed by atoms with E-state index in [9.17, 15) is 22.8 Å². The molecule has 0 unspecified atom stereocenters. The number of benzene rings is 1. The van der Waals surface area contributed by atoms with Crippen molar-refractivity contribution >= 4 is 29.1 Å². The van der Waals surface area contributed by atoms with Crippen LogP contribution >= 0.6 is 11.6 Å². The lowest BCUT2D eigenvalue weighted by molar-refractivity contribution is -0.142. The molecule has 0 saturated carbocycles. The number of amides is 2. The number of halogens is 4. The fourth-order valence-corrected chi connectivity index (χ4v) is 2.20. The van der Waals surface area contributed by atoms with Crippen LogP contribution in [0.1, 0.15) is 18.4 Å². The average Bonchev–Trinajstić information content (AvgIpc) is 2.92. The Bertz CT molecular complexity index is 569. The van der Waals surface area contributed by atoms with Gasteiger partial charge in [0.05, 0.1) is 16.3 Å². The van der Waals surface area contributed by atoms with Gasteiger partial charge in [-0.3, -0.25) is 9.59 Å². The zero-order valence-electron chi connectivity index (χ0n) is 10.8. The second-order valence-corrected chi connectivity index (χ2v) is 5.05. The first-order valence-corrected chi connectivity index (χ1v) is 6.64. The third kappa shape index (κ3) is 3.66. The Morgan fingerprint density at radius 3 is 2.38 bits per heavy atom. The van der Waals surface area contributed by atoms with E-state index >= 15 is 0 Å². The topological polar surface area (TPSA) is 49.4 Å². The molecule has 0 aromatic heterocycles. The minimum Gasteiger partial charge on any atom is -0.334 e. The third-order valence-electron chi connectivity index (χ3n) is 3.13. The number of hydrogen-bond acceptors (Lipinski definition) is 2. The minimum absolute atomic E-state index is 0.0643. The van der Waals surface area contributed by atoms with Gasteiger partial charge >= 0.3 is 18.0 Å². The van der Waals surface area contributed by atoms with Gasteiger partial charge in [-0.05, 0) is 31.0 Å². The van der Waals surface area contributed by atoms with Crippen LogP contribution in [0.25, 0.3) is 0 Å². The smallest absolute Gasteiger partial charge is 0.334 e. The van der Waals surface area contributed by atoms with Crippen LogP contribution in [0.3, 0.4) is 0 Å². The van der Waals surface area contributed by atoms with Crippen LogP contribution in [0.2, 0.25) is 5.02 Å². The Balaban J connectivity index is 2.15. The summed E-state index contributed by atoms with van der Waals surface area (Å²) in [6.45, 7) is 0.950. The molecule has 0 spiro atoms. The van der Waals surface area contributed by atoms with Crippen LogP contribution in [0.15, 0.2) is 18.2 Å². The highest BCUT2D eigenvalue weighted by Gasteiger charge is 2.31. The fraction of sp³-hybridized carbons (Fsp3) is 0.385. The number of rotatable bonds is 1. The van der Waals surface area contributed by atoms with E-state index in [-0.39, 0.29) is 10.7 Å². The molecule has 21 heavy (non-hydrogen) atoms. The summed E-state index contributed by atoms with van der Waals surface area (Å²) in [5, 5.41) is 2.07. The molecular formula is C13H12ClF3N2O2. The van der Waals surface area contributed by atoms with E-state index in [1.54, 1.807) is 0 Å². The lowest BCUT2D eigenvalue weighted by Gasteiger charge is -2.15. The van der Waals surface area contributed by atoms with Crippen molar-refractivity contribution in [3.63, 3.8) is 0 Å². The van der Waals surface area contributed by atoms with Gasteiger partial charge in [0.15, 0.2) is 0 Å². The summed E-state index contributed by atoms with van der Waals surface area (Å²) < 4.78 is 37.8. The van der Waals surface area contributed by atoms with Crippen LogP contribution in [-0.2, 0) is 15.8 Å². The van der Waals surface area contributed by atoms with E-state index in [4.69, 9.17) is 11.6 Å². The number of hydrogen-bond donors (Lipinski definition) is 1. The first-order chi connectivity index (χ1) is 9.79. The van der Waals surface area contributed by atoms with Crippen LogP contribution in [-0.4, -0.2) is 29.8 Å². The van der Waals surface area contributed by atoms with Crippen molar-refractivity contribution in [2.75, 3.05) is 18.4 Å². The predicted octanol–water partition coefficient (Wildman–Crippen LogP) is 2.92. The first-order valence-electron chi connectivity index (χ1n) is 6.26. The van der Waals surface area contributed by atoms with Crippen LogP contribution < -0.4 is 5.32 Å². The molecule has 1 aliphatic rings. The molecule has 2 amide bonds. The molecule has 1 saturated heterocycles. The number of carbonyl (C=O) groups excluding carboxylic acids is 2. The Labute approximate surface area is 123 Å². The van der Waals surface area contributed by atoms with Gasteiger partial charge in [-0.15, -0.1) is 0 Å². The van der Waals surface area contributed by atoms with Crippen LogP contribution in [0.4, 0.5) is 18.9 Å². The van der Waals surface area contributed by atoms with Gasteiger partial charge < -0.3 is 10.2 Å². The number of alkyl halides is 3. The summed E-state index contributed by atoms with van der Waals surface area (Å²) >= 11 is 5.75.